The minimum Gasteiger partial charge on any atom is -0.322 e. The van der Waals surface area contributed by atoms with Crippen molar-refractivity contribution < 1.29 is 22.8 Å². The number of rotatable bonds is 8. The first-order chi connectivity index (χ1) is 19.6. The molecule has 8 nitrogen and oxygen atoms in total. The van der Waals surface area contributed by atoms with Crippen molar-refractivity contribution in [1.82, 2.24) is 14.9 Å². The highest BCUT2D eigenvalue weighted by molar-refractivity contribution is 7.17. The summed E-state index contributed by atoms with van der Waals surface area (Å²) in [5.41, 5.74) is 1.59. The first kappa shape index (κ1) is 28.2. The van der Waals surface area contributed by atoms with Gasteiger partial charge in [-0.1, -0.05) is 29.5 Å². The Bertz CT molecular complexity index is 1550. The number of alkyl halides is 3. The predicted octanol–water partition coefficient (Wildman–Crippen LogP) is 6.71. The van der Waals surface area contributed by atoms with Crippen LogP contribution in [0.1, 0.15) is 49.6 Å². The number of anilines is 4. The van der Waals surface area contributed by atoms with Gasteiger partial charge in [-0.15, -0.1) is 0 Å². The van der Waals surface area contributed by atoms with Crippen LogP contribution < -0.4 is 16.0 Å². The number of halogens is 3. The number of carbonyl (C=O) groups is 2. The van der Waals surface area contributed by atoms with Crippen LogP contribution in [0.5, 0.6) is 0 Å². The molecule has 2 aromatic carbocycles. The maximum Gasteiger partial charge on any atom is 0.416 e. The van der Waals surface area contributed by atoms with Crippen LogP contribution in [0.3, 0.4) is 0 Å². The van der Waals surface area contributed by atoms with Crippen LogP contribution >= 0.6 is 11.3 Å². The summed E-state index contributed by atoms with van der Waals surface area (Å²) in [6.45, 7) is 4.89. The van der Waals surface area contributed by atoms with Crippen molar-refractivity contribution in [3.05, 3.63) is 94.1 Å². The molecule has 0 atom stereocenters. The molecule has 1 fully saturated rings. The number of hydrogen-bond acceptors (Lipinski definition) is 7. The van der Waals surface area contributed by atoms with Gasteiger partial charge in [-0.25, -0.2) is 9.97 Å². The molecule has 0 bridgehead atoms. The lowest BCUT2D eigenvalue weighted by molar-refractivity contribution is -0.137. The molecule has 1 aliphatic rings. The van der Waals surface area contributed by atoms with Crippen molar-refractivity contribution in [2.24, 2.45) is 0 Å². The van der Waals surface area contributed by atoms with Gasteiger partial charge in [0.05, 0.1) is 11.8 Å². The molecule has 0 radical (unpaired) electrons. The molecule has 12 heteroatoms. The molecule has 0 saturated carbocycles. The van der Waals surface area contributed by atoms with E-state index in [1.807, 2.05) is 18.3 Å². The lowest BCUT2D eigenvalue weighted by atomic mass is 10.1. The van der Waals surface area contributed by atoms with Gasteiger partial charge in [0.1, 0.15) is 10.7 Å². The molecule has 1 saturated heterocycles. The van der Waals surface area contributed by atoms with Gasteiger partial charge in [-0.3, -0.25) is 14.5 Å². The van der Waals surface area contributed by atoms with E-state index >= 15 is 0 Å². The van der Waals surface area contributed by atoms with Crippen molar-refractivity contribution in [3.63, 3.8) is 0 Å². The van der Waals surface area contributed by atoms with Crippen LogP contribution in [0.2, 0.25) is 0 Å². The number of nitrogens with one attached hydrogen (secondary N) is 3. The summed E-state index contributed by atoms with van der Waals surface area (Å²) in [6, 6.07) is 12.9. The van der Waals surface area contributed by atoms with Gasteiger partial charge in [0.25, 0.3) is 11.8 Å². The van der Waals surface area contributed by atoms with Crippen molar-refractivity contribution in [2.75, 3.05) is 29.0 Å². The second-order valence-electron chi connectivity index (χ2n) is 9.71. The van der Waals surface area contributed by atoms with Crippen molar-refractivity contribution in [2.45, 2.75) is 32.5 Å². The Morgan fingerprint density at radius 3 is 2.49 bits per heavy atom. The van der Waals surface area contributed by atoms with Gasteiger partial charge in [-0.2, -0.15) is 13.2 Å². The maximum atomic E-state index is 13.0. The smallest absolute Gasteiger partial charge is 0.322 e. The molecule has 2 aromatic heterocycles. The monoisotopic (exact) mass is 580 g/mol. The zero-order chi connectivity index (χ0) is 29.0. The summed E-state index contributed by atoms with van der Waals surface area (Å²) in [7, 11) is 0. The highest BCUT2D eigenvalue weighted by atomic mass is 32.1. The summed E-state index contributed by atoms with van der Waals surface area (Å²) in [5, 5.41) is 9.02. The van der Waals surface area contributed by atoms with Gasteiger partial charge in [0, 0.05) is 29.7 Å². The van der Waals surface area contributed by atoms with Crippen LogP contribution in [-0.4, -0.2) is 39.8 Å². The molecule has 0 aliphatic carbocycles. The molecule has 1 aliphatic heterocycles. The average molecular weight is 581 g/mol. The van der Waals surface area contributed by atoms with Crippen molar-refractivity contribution in [1.29, 1.82) is 0 Å². The largest absolute Gasteiger partial charge is 0.416 e. The maximum absolute atomic E-state index is 13.0. The molecule has 3 heterocycles. The van der Waals surface area contributed by atoms with E-state index in [4.69, 9.17) is 0 Å². The number of amides is 2. The van der Waals surface area contributed by atoms with E-state index < -0.39 is 23.6 Å². The fourth-order valence-corrected chi connectivity index (χ4v) is 5.11. The number of carbonyl (C=O) groups excluding carboxylic acids is 2. The predicted molar refractivity (Wildman–Crippen MR) is 153 cm³/mol. The number of likely N-dealkylation sites (tertiary alicyclic amines) is 1. The summed E-state index contributed by atoms with van der Waals surface area (Å²) < 4.78 is 39.1. The first-order valence-electron chi connectivity index (χ1n) is 12.9. The number of aromatic nitrogens is 2. The van der Waals surface area contributed by atoms with Gasteiger partial charge < -0.3 is 16.0 Å². The minimum atomic E-state index is -4.56. The SMILES string of the molecule is Cc1ccc(NC(=O)c2cccc(C(F)(F)F)c2)cc1NC(=O)c1cnc(Nc2ccc(CN3CCCC3)cn2)s1. The van der Waals surface area contributed by atoms with Crippen molar-refractivity contribution >= 4 is 45.5 Å². The number of pyridine rings is 1. The van der Waals surface area contributed by atoms with Crippen LogP contribution in [0.25, 0.3) is 0 Å². The van der Waals surface area contributed by atoms with Crippen LogP contribution in [0.15, 0.2) is 67.0 Å². The zero-order valence-corrected chi connectivity index (χ0v) is 22.9. The molecule has 5 rings (SSSR count). The molecular formula is C29H27F3N6O2S. The highest BCUT2D eigenvalue weighted by Gasteiger charge is 2.31. The quantitative estimate of drug-likeness (QED) is 0.214. The fraction of sp³-hybridized carbons (Fsp3) is 0.241. The number of hydrogen-bond donors (Lipinski definition) is 3. The molecule has 4 aromatic rings. The Labute approximate surface area is 238 Å². The van der Waals surface area contributed by atoms with Crippen LogP contribution in [0, 0.1) is 6.92 Å². The van der Waals surface area contributed by atoms with E-state index in [2.05, 4.69) is 30.8 Å². The third-order valence-corrected chi connectivity index (χ3v) is 7.50. The molecular weight excluding hydrogens is 553 g/mol. The average Bonchev–Trinajstić information content (AvgIpc) is 3.64. The lowest BCUT2D eigenvalue weighted by Gasteiger charge is -2.14. The van der Waals surface area contributed by atoms with Gasteiger partial charge in [0.2, 0.25) is 0 Å². The molecule has 212 valence electrons. The summed E-state index contributed by atoms with van der Waals surface area (Å²) in [5.74, 6) is -0.474. The molecule has 0 unspecified atom stereocenters. The Kier molecular flexibility index (Phi) is 8.31. The Morgan fingerprint density at radius 1 is 0.951 bits per heavy atom. The minimum absolute atomic E-state index is 0.133. The first-order valence-corrected chi connectivity index (χ1v) is 13.8. The van der Waals surface area contributed by atoms with E-state index in [0.717, 1.165) is 54.2 Å². The zero-order valence-electron chi connectivity index (χ0n) is 22.1. The van der Waals surface area contributed by atoms with Crippen LogP contribution in [0.4, 0.5) is 35.5 Å². The molecule has 2 amide bonds. The number of benzene rings is 2. The van der Waals surface area contributed by atoms with Crippen LogP contribution in [-0.2, 0) is 12.7 Å². The van der Waals surface area contributed by atoms with Gasteiger partial charge in [0.15, 0.2) is 5.13 Å². The second kappa shape index (κ2) is 12.1. The Morgan fingerprint density at radius 2 is 1.76 bits per heavy atom. The number of thiazole rings is 1. The molecule has 0 spiro atoms. The molecule has 41 heavy (non-hydrogen) atoms. The summed E-state index contributed by atoms with van der Waals surface area (Å²) in [6.07, 6.45) is 1.20. The van der Waals surface area contributed by atoms with Gasteiger partial charge >= 0.3 is 6.18 Å². The fourth-order valence-electron chi connectivity index (χ4n) is 4.40. The van der Waals surface area contributed by atoms with E-state index in [-0.39, 0.29) is 5.56 Å². The lowest BCUT2D eigenvalue weighted by Crippen LogP contribution is -2.18. The topological polar surface area (TPSA) is 99.2 Å². The number of nitrogens with zero attached hydrogens (tertiary/aromatic N) is 3. The van der Waals surface area contributed by atoms with Gasteiger partial charge in [-0.05, 0) is 80.4 Å². The Hall–Kier alpha value is -4.29. The van der Waals surface area contributed by atoms with E-state index in [1.54, 1.807) is 25.1 Å². The number of aryl methyl sites for hydroxylation is 1. The van der Waals surface area contributed by atoms with E-state index in [0.29, 0.717) is 27.2 Å². The molecule has 3 N–H and O–H groups in total. The van der Waals surface area contributed by atoms with Crippen molar-refractivity contribution in [3.8, 4) is 0 Å². The summed E-state index contributed by atoms with van der Waals surface area (Å²) >= 11 is 1.16. The standard InChI is InChI=1S/C29H27F3N6O2S/c1-18-7-9-22(35-26(39)20-5-4-6-21(13-20)29(30,31)32)14-23(18)36-27(40)24-16-34-28(41-24)37-25-10-8-19(15-33-25)17-38-11-2-3-12-38/h4-10,13-16H,2-3,11-12,17H2,1H3,(H,35,39)(H,36,40)(H,33,34,37). The van der Waals surface area contributed by atoms with E-state index in [9.17, 15) is 22.8 Å². The normalized spacial score (nSPS) is 13.7. The Balaban J connectivity index is 1.20. The highest BCUT2D eigenvalue weighted by Crippen LogP contribution is 2.30. The third-order valence-electron chi connectivity index (χ3n) is 6.59. The third kappa shape index (κ3) is 7.27. The second-order valence-corrected chi connectivity index (χ2v) is 10.7. The van der Waals surface area contributed by atoms with E-state index in [1.165, 1.54) is 31.2 Å². The summed E-state index contributed by atoms with van der Waals surface area (Å²) in [4.78, 5) is 37.0.